The van der Waals surface area contributed by atoms with Crippen LogP contribution in [-0.2, 0) is 49.8 Å². The molecular formula is C46H60F2N6O8Si2. The first kappa shape index (κ1) is 49.8. The number of rotatable bonds is 18. The fraction of sp³-hybridized carbons (Fsp3) is 0.391. The molecule has 0 fully saturated rings. The van der Waals surface area contributed by atoms with E-state index in [1.165, 1.54) is 24.3 Å². The summed E-state index contributed by atoms with van der Waals surface area (Å²) >= 11 is 0. The van der Waals surface area contributed by atoms with Crippen molar-refractivity contribution in [3.63, 3.8) is 0 Å². The molecule has 1 aliphatic heterocycles. The summed E-state index contributed by atoms with van der Waals surface area (Å²) in [6, 6.07) is 18.8. The third-order valence-corrected chi connectivity index (χ3v) is 13.6. The second-order valence-electron chi connectivity index (χ2n) is 17.7. The van der Waals surface area contributed by atoms with Gasteiger partial charge < -0.3 is 28.5 Å². The van der Waals surface area contributed by atoms with Crippen molar-refractivity contribution in [2.45, 2.75) is 77.3 Å². The number of hydroxylamine groups is 1. The van der Waals surface area contributed by atoms with Crippen molar-refractivity contribution in [2.75, 3.05) is 40.0 Å². The molecule has 0 saturated carbocycles. The number of nitrogens with one attached hydrogen (secondary N) is 1. The van der Waals surface area contributed by atoms with Crippen LogP contribution in [0.1, 0.15) is 43.2 Å². The molecule has 14 nitrogen and oxygen atoms in total. The number of benzene rings is 2. The number of aromatic nitrogens is 4. The number of cyclic esters (lactones) is 1. The van der Waals surface area contributed by atoms with E-state index in [2.05, 4.69) is 64.1 Å². The molecule has 1 amide bonds. The highest BCUT2D eigenvalue weighted by atomic mass is 28.3. The number of pyridine rings is 2. The van der Waals surface area contributed by atoms with Crippen molar-refractivity contribution in [3.05, 3.63) is 131 Å². The number of fused-ring (bicyclic) bond motifs is 4. The fourth-order valence-electron chi connectivity index (χ4n) is 6.69. The first-order valence-electron chi connectivity index (χ1n) is 21.2. The number of carbonyl (C=O) groups is 2. The largest absolute Gasteiger partial charge is 0.461 e. The predicted molar refractivity (Wildman–Crippen MR) is 247 cm³/mol. The van der Waals surface area contributed by atoms with Crippen LogP contribution in [0.15, 0.2) is 85.5 Å². The minimum absolute atomic E-state index is 0.0398. The zero-order chi connectivity index (χ0) is 46.3. The van der Waals surface area contributed by atoms with E-state index < -0.39 is 22.1 Å². The molecule has 7 rings (SSSR count). The minimum atomic E-state index is -1.18. The second-order valence-corrected chi connectivity index (χ2v) is 28.9. The second kappa shape index (κ2) is 23.7. The zero-order valence-corrected chi connectivity index (χ0v) is 39.5. The number of carbonyl (C=O) groups excluding carboxylic acids is 2. The van der Waals surface area contributed by atoms with E-state index in [0.717, 1.165) is 57.2 Å². The molecule has 344 valence electrons. The molecule has 0 radical (unpaired) electrons. The lowest BCUT2D eigenvalue weighted by Gasteiger charge is -2.15. The summed E-state index contributed by atoms with van der Waals surface area (Å²) in [5, 5.41) is 11.4. The number of hydrogen-bond donors (Lipinski definition) is 3. The van der Waals surface area contributed by atoms with E-state index in [-0.39, 0.29) is 49.9 Å². The highest BCUT2D eigenvalue weighted by Gasteiger charge is 2.23. The molecule has 0 saturated heterocycles. The van der Waals surface area contributed by atoms with Gasteiger partial charge in [-0.25, -0.2) is 39.8 Å². The Kier molecular flexibility index (Phi) is 18.4. The van der Waals surface area contributed by atoms with E-state index in [4.69, 9.17) is 24.9 Å². The first-order valence-corrected chi connectivity index (χ1v) is 28.6. The van der Waals surface area contributed by atoms with Gasteiger partial charge in [0.25, 0.3) is 5.91 Å². The quantitative estimate of drug-likeness (QED) is 0.0252. The SMILES string of the molecule is C[Si](C)(C)CCOCON.C[Si](C)(C)CCOCONC(=O)c1ncc2c(ccn2Cc2ccc(F)cc2)c1CCO.O=C1OCCc2c1ncc1c2ccn1Cc1ccc(F)cc1. The lowest BCUT2D eigenvalue weighted by Crippen LogP contribution is -2.28. The zero-order valence-electron chi connectivity index (χ0n) is 37.5. The van der Waals surface area contributed by atoms with Gasteiger partial charge in [0.05, 0.1) is 30.0 Å². The number of esters is 1. The summed E-state index contributed by atoms with van der Waals surface area (Å²) in [5.41, 5.74) is 8.33. The average Bonchev–Trinajstić information content (AvgIpc) is 3.86. The van der Waals surface area contributed by atoms with Crippen molar-refractivity contribution >= 4 is 49.8 Å². The van der Waals surface area contributed by atoms with E-state index in [1.54, 1.807) is 36.7 Å². The number of amides is 1. The van der Waals surface area contributed by atoms with Gasteiger partial charge in [0.15, 0.2) is 19.3 Å². The van der Waals surface area contributed by atoms with Gasteiger partial charge in [0.1, 0.15) is 17.3 Å². The van der Waals surface area contributed by atoms with Gasteiger partial charge >= 0.3 is 5.97 Å². The molecule has 0 bridgehead atoms. The maximum atomic E-state index is 13.2. The van der Waals surface area contributed by atoms with Gasteiger partial charge in [0.2, 0.25) is 0 Å². The van der Waals surface area contributed by atoms with Crippen molar-refractivity contribution < 1.29 is 47.4 Å². The number of ether oxygens (including phenoxy) is 3. The van der Waals surface area contributed by atoms with Gasteiger partial charge in [0, 0.05) is 78.6 Å². The molecule has 4 N–H and O–H groups in total. The summed E-state index contributed by atoms with van der Waals surface area (Å²) in [6.07, 6.45) is 8.15. The highest BCUT2D eigenvalue weighted by molar-refractivity contribution is 6.76. The topological polar surface area (TPSA) is 174 Å². The molecule has 4 aromatic heterocycles. The Bertz CT molecular complexity index is 2430. The van der Waals surface area contributed by atoms with Crippen molar-refractivity contribution in [1.29, 1.82) is 0 Å². The molecule has 0 unspecified atom stereocenters. The van der Waals surface area contributed by atoms with Gasteiger partial charge in [-0.15, -0.1) is 0 Å². The van der Waals surface area contributed by atoms with Crippen LogP contribution >= 0.6 is 0 Å². The Morgan fingerprint density at radius 1 is 0.797 bits per heavy atom. The summed E-state index contributed by atoms with van der Waals surface area (Å²) < 4.78 is 45.7. The maximum absolute atomic E-state index is 13.2. The van der Waals surface area contributed by atoms with Crippen molar-refractivity contribution in [1.82, 2.24) is 24.6 Å². The maximum Gasteiger partial charge on any atom is 0.357 e. The van der Waals surface area contributed by atoms with Crippen LogP contribution in [0.25, 0.3) is 21.8 Å². The Morgan fingerprint density at radius 2 is 1.33 bits per heavy atom. The van der Waals surface area contributed by atoms with Crippen LogP contribution < -0.4 is 11.4 Å². The van der Waals surface area contributed by atoms with E-state index in [9.17, 15) is 23.5 Å². The number of halogens is 2. The molecule has 0 aliphatic carbocycles. The summed E-state index contributed by atoms with van der Waals surface area (Å²) in [6.45, 7) is 16.7. The fourth-order valence-corrected chi connectivity index (χ4v) is 8.20. The molecule has 1 aliphatic rings. The summed E-state index contributed by atoms with van der Waals surface area (Å²) in [4.78, 5) is 42.4. The lowest BCUT2D eigenvalue weighted by atomic mass is 10.0. The smallest absolute Gasteiger partial charge is 0.357 e. The molecular weight excluding hydrogens is 859 g/mol. The van der Waals surface area contributed by atoms with Crippen LogP contribution in [0.4, 0.5) is 8.78 Å². The first-order chi connectivity index (χ1) is 30.6. The molecule has 6 aromatic rings. The normalized spacial score (nSPS) is 12.6. The third-order valence-electron chi connectivity index (χ3n) is 10.2. The van der Waals surface area contributed by atoms with Gasteiger partial charge in [-0.2, -0.15) is 0 Å². The average molecular weight is 919 g/mol. The standard InChI is InChI=1S/C23H30FN3O4Si.C17H13FN2O2.C6H17NO2Si/c1-32(2,3)13-12-30-16-31-26-23(29)22-20(9-11-28)19-8-10-27(21(19)14-25-22)15-17-4-6-18(24)7-5-17;18-12-3-1-11(2-4-12)10-20-7-5-13-14-6-8-22-17(21)16(14)19-9-15(13)20;1-10(2,3)5-4-8-6-9-7/h4-8,10,14,28H,9,11-13,15-16H2,1-3H3,(H,26,29);1-5,7,9H,6,8,10H2;4-7H2,1-3H3. The number of nitrogens with zero attached hydrogens (tertiary/aromatic N) is 4. The summed E-state index contributed by atoms with van der Waals surface area (Å²) in [7, 11) is -2.11. The molecule has 0 atom stereocenters. The summed E-state index contributed by atoms with van der Waals surface area (Å²) in [5.74, 6) is 3.40. The molecule has 5 heterocycles. The van der Waals surface area contributed by atoms with Crippen LogP contribution in [0.2, 0.25) is 51.4 Å². The Morgan fingerprint density at radius 3 is 1.88 bits per heavy atom. The molecule has 64 heavy (non-hydrogen) atoms. The van der Waals surface area contributed by atoms with Crippen LogP contribution in [-0.4, -0.2) is 92.2 Å². The molecule has 18 heteroatoms. The number of aliphatic hydroxyl groups excluding tert-OH is 1. The third kappa shape index (κ3) is 14.9. The van der Waals surface area contributed by atoms with Gasteiger partial charge in [-0.05, 0) is 77.2 Å². The minimum Gasteiger partial charge on any atom is -0.461 e. The van der Waals surface area contributed by atoms with Crippen LogP contribution in [0.5, 0.6) is 0 Å². The number of nitrogens with two attached hydrogens (primary N) is 1. The number of aliphatic hydroxyl groups is 1. The van der Waals surface area contributed by atoms with Crippen LogP contribution in [0.3, 0.4) is 0 Å². The van der Waals surface area contributed by atoms with E-state index >= 15 is 0 Å². The highest BCUT2D eigenvalue weighted by Crippen LogP contribution is 2.27. The van der Waals surface area contributed by atoms with Crippen molar-refractivity contribution in [2.24, 2.45) is 5.90 Å². The van der Waals surface area contributed by atoms with Crippen molar-refractivity contribution in [3.8, 4) is 0 Å². The monoisotopic (exact) mass is 918 g/mol. The van der Waals surface area contributed by atoms with E-state index in [0.29, 0.717) is 44.0 Å². The Hall–Kier alpha value is -5.19. The lowest BCUT2D eigenvalue weighted by molar-refractivity contribution is -0.0849. The molecule has 2 aromatic carbocycles. The van der Waals surface area contributed by atoms with E-state index in [1.807, 2.05) is 29.1 Å². The van der Waals surface area contributed by atoms with Crippen LogP contribution in [0, 0.1) is 11.6 Å². The Balaban J connectivity index is 0.000000207. The van der Waals surface area contributed by atoms with Gasteiger partial charge in [-0.3, -0.25) is 9.63 Å². The molecule has 0 spiro atoms. The Labute approximate surface area is 374 Å². The number of hydrogen-bond acceptors (Lipinski definition) is 11. The predicted octanol–water partition coefficient (Wildman–Crippen LogP) is 7.86. The van der Waals surface area contributed by atoms with Gasteiger partial charge in [-0.1, -0.05) is 63.5 Å².